The van der Waals surface area contributed by atoms with Crippen molar-refractivity contribution in [3.8, 4) is 5.75 Å². The molecular weight excluding hydrogens is 348 g/mol. The van der Waals surface area contributed by atoms with Crippen molar-refractivity contribution in [2.45, 2.75) is 46.1 Å². The van der Waals surface area contributed by atoms with Crippen LogP contribution in [0.4, 0.5) is 5.69 Å². The lowest BCUT2D eigenvalue weighted by molar-refractivity contribution is -0.121. The van der Waals surface area contributed by atoms with Crippen LogP contribution in [0.3, 0.4) is 0 Å². The number of rotatable bonds is 6. The van der Waals surface area contributed by atoms with Crippen LogP contribution in [0.2, 0.25) is 0 Å². The Hall–Kier alpha value is -2.49. The summed E-state index contributed by atoms with van der Waals surface area (Å²) in [6.45, 7) is 8.62. The van der Waals surface area contributed by atoms with Gasteiger partial charge in [0.1, 0.15) is 5.75 Å². The van der Waals surface area contributed by atoms with E-state index in [9.17, 15) is 4.79 Å². The normalized spacial score (nSPS) is 17.9. The highest BCUT2D eigenvalue weighted by molar-refractivity contribution is 5.79. The maximum atomic E-state index is 12.5. The minimum atomic E-state index is -0.0128. The zero-order valence-corrected chi connectivity index (χ0v) is 17.5. The van der Waals surface area contributed by atoms with E-state index in [-0.39, 0.29) is 11.9 Å². The van der Waals surface area contributed by atoms with Crippen molar-refractivity contribution in [3.05, 3.63) is 59.2 Å². The number of hydrogen-bond acceptors (Lipinski definition) is 3. The quantitative estimate of drug-likeness (QED) is 0.792. The number of piperidine rings is 1. The topological polar surface area (TPSA) is 41.6 Å². The van der Waals surface area contributed by atoms with Gasteiger partial charge in [-0.1, -0.05) is 31.2 Å². The SMILES string of the molecule is COc1ccc(CC(=O)N[C@@H](C)c2ccc(N3CCC[C@H](C)C3)cc2)cc1C. The smallest absolute Gasteiger partial charge is 0.224 e. The van der Waals surface area contributed by atoms with Gasteiger partial charge >= 0.3 is 0 Å². The van der Waals surface area contributed by atoms with Gasteiger partial charge in [0, 0.05) is 18.8 Å². The lowest BCUT2D eigenvalue weighted by atomic mass is 9.99. The van der Waals surface area contributed by atoms with E-state index >= 15 is 0 Å². The van der Waals surface area contributed by atoms with Crippen molar-refractivity contribution in [1.29, 1.82) is 0 Å². The van der Waals surface area contributed by atoms with Crippen molar-refractivity contribution in [3.63, 3.8) is 0 Å². The van der Waals surface area contributed by atoms with Gasteiger partial charge in [0.2, 0.25) is 5.91 Å². The number of methoxy groups -OCH3 is 1. The lowest BCUT2D eigenvalue weighted by Gasteiger charge is -2.33. The van der Waals surface area contributed by atoms with Crippen LogP contribution in [0.5, 0.6) is 5.75 Å². The molecule has 1 fully saturated rings. The molecule has 3 rings (SSSR count). The van der Waals surface area contributed by atoms with Crippen LogP contribution >= 0.6 is 0 Å². The lowest BCUT2D eigenvalue weighted by Crippen LogP contribution is -2.34. The Morgan fingerprint density at radius 1 is 1.25 bits per heavy atom. The first-order valence-corrected chi connectivity index (χ1v) is 10.2. The minimum absolute atomic E-state index is 0.0128. The van der Waals surface area contributed by atoms with E-state index in [1.807, 2.05) is 32.0 Å². The van der Waals surface area contributed by atoms with Gasteiger partial charge in [-0.05, 0) is 67.5 Å². The molecule has 2 atom stereocenters. The molecule has 1 aliphatic heterocycles. The zero-order valence-electron chi connectivity index (χ0n) is 17.5. The van der Waals surface area contributed by atoms with Crippen LogP contribution in [0.25, 0.3) is 0 Å². The van der Waals surface area contributed by atoms with Crippen molar-refractivity contribution in [2.75, 3.05) is 25.1 Å². The highest BCUT2D eigenvalue weighted by Gasteiger charge is 2.17. The van der Waals surface area contributed by atoms with E-state index in [2.05, 4.69) is 41.4 Å². The van der Waals surface area contributed by atoms with Gasteiger partial charge < -0.3 is 15.0 Å². The molecule has 150 valence electrons. The van der Waals surface area contributed by atoms with Crippen molar-refractivity contribution in [2.24, 2.45) is 5.92 Å². The number of carbonyl (C=O) groups excluding carboxylic acids is 1. The van der Waals surface area contributed by atoms with E-state index in [1.165, 1.54) is 18.5 Å². The second kappa shape index (κ2) is 9.13. The summed E-state index contributed by atoms with van der Waals surface area (Å²) in [5.74, 6) is 1.64. The first-order valence-electron chi connectivity index (χ1n) is 10.2. The number of ether oxygens (including phenoxy) is 1. The number of anilines is 1. The second-order valence-corrected chi connectivity index (χ2v) is 8.05. The fourth-order valence-corrected chi connectivity index (χ4v) is 4.01. The average Bonchev–Trinajstić information content (AvgIpc) is 2.68. The fourth-order valence-electron chi connectivity index (χ4n) is 4.01. The maximum Gasteiger partial charge on any atom is 0.224 e. The predicted octanol–water partition coefficient (Wildman–Crippen LogP) is 4.66. The van der Waals surface area contributed by atoms with E-state index in [0.717, 1.165) is 41.4 Å². The Bertz CT molecular complexity index is 801. The number of nitrogens with zero attached hydrogens (tertiary/aromatic N) is 1. The zero-order chi connectivity index (χ0) is 20.1. The van der Waals surface area contributed by atoms with E-state index in [1.54, 1.807) is 7.11 Å². The van der Waals surface area contributed by atoms with E-state index < -0.39 is 0 Å². The highest BCUT2D eigenvalue weighted by Crippen LogP contribution is 2.25. The predicted molar refractivity (Wildman–Crippen MR) is 115 cm³/mol. The molecule has 1 saturated heterocycles. The van der Waals surface area contributed by atoms with E-state index in [0.29, 0.717) is 6.42 Å². The van der Waals surface area contributed by atoms with Crippen LogP contribution in [0.1, 0.15) is 49.4 Å². The number of nitrogens with one attached hydrogen (secondary N) is 1. The number of hydrogen-bond donors (Lipinski definition) is 1. The number of amides is 1. The Balaban J connectivity index is 1.57. The monoisotopic (exact) mass is 380 g/mol. The molecule has 2 aromatic rings. The van der Waals surface area contributed by atoms with Gasteiger partial charge in [-0.15, -0.1) is 0 Å². The molecule has 0 saturated carbocycles. The highest BCUT2D eigenvalue weighted by atomic mass is 16.5. The molecule has 1 heterocycles. The Kier molecular flexibility index (Phi) is 6.61. The summed E-state index contributed by atoms with van der Waals surface area (Å²) in [7, 11) is 1.66. The van der Waals surface area contributed by atoms with Crippen molar-refractivity contribution in [1.82, 2.24) is 5.32 Å². The second-order valence-electron chi connectivity index (χ2n) is 8.05. The summed E-state index contributed by atoms with van der Waals surface area (Å²) in [4.78, 5) is 14.9. The Labute approximate surface area is 168 Å². The van der Waals surface area contributed by atoms with Crippen molar-refractivity contribution >= 4 is 11.6 Å². The number of benzene rings is 2. The molecular formula is C24H32N2O2. The number of carbonyl (C=O) groups is 1. The summed E-state index contributed by atoms with van der Waals surface area (Å²) in [6, 6.07) is 14.5. The first-order chi connectivity index (χ1) is 13.5. The van der Waals surface area contributed by atoms with Crippen molar-refractivity contribution < 1.29 is 9.53 Å². The molecule has 2 aromatic carbocycles. The molecule has 4 nitrogen and oxygen atoms in total. The molecule has 1 aliphatic rings. The molecule has 0 spiro atoms. The van der Waals surface area contributed by atoms with Gasteiger partial charge in [-0.25, -0.2) is 0 Å². The van der Waals surface area contributed by atoms with Crippen LogP contribution in [-0.4, -0.2) is 26.1 Å². The molecule has 4 heteroatoms. The van der Waals surface area contributed by atoms with Crippen LogP contribution in [-0.2, 0) is 11.2 Å². The maximum absolute atomic E-state index is 12.5. The molecule has 0 aliphatic carbocycles. The molecule has 0 aromatic heterocycles. The van der Waals surface area contributed by atoms with Gasteiger partial charge in [-0.3, -0.25) is 4.79 Å². The third-order valence-electron chi connectivity index (χ3n) is 5.62. The third-order valence-corrected chi connectivity index (χ3v) is 5.62. The molecule has 0 radical (unpaired) electrons. The molecule has 0 bridgehead atoms. The van der Waals surface area contributed by atoms with Crippen LogP contribution < -0.4 is 15.0 Å². The molecule has 1 N–H and O–H groups in total. The van der Waals surface area contributed by atoms with Gasteiger partial charge in [0.05, 0.1) is 19.6 Å². The Morgan fingerprint density at radius 3 is 2.64 bits per heavy atom. The average molecular weight is 381 g/mol. The van der Waals surface area contributed by atoms with Gasteiger partial charge in [0.25, 0.3) is 0 Å². The first kappa shape index (κ1) is 20.2. The van der Waals surface area contributed by atoms with Crippen LogP contribution in [0.15, 0.2) is 42.5 Å². The van der Waals surface area contributed by atoms with Gasteiger partial charge in [-0.2, -0.15) is 0 Å². The third kappa shape index (κ3) is 5.06. The molecule has 28 heavy (non-hydrogen) atoms. The van der Waals surface area contributed by atoms with Gasteiger partial charge in [0.15, 0.2) is 0 Å². The summed E-state index contributed by atoms with van der Waals surface area (Å²) in [5.41, 5.74) is 4.46. The summed E-state index contributed by atoms with van der Waals surface area (Å²) in [6.07, 6.45) is 2.96. The number of aryl methyl sites for hydroxylation is 1. The minimum Gasteiger partial charge on any atom is -0.496 e. The molecule has 0 unspecified atom stereocenters. The standard InChI is InChI=1S/C24H32N2O2/c1-17-6-5-13-26(16-17)22-10-8-21(9-11-22)19(3)25-24(27)15-20-7-12-23(28-4)18(2)14-20/h7-12,14,17,19H,5-6,13,15-16H2,1-4H3,(H,25,27)/t17-,19-/m0/s1. The van der Waals surface area contributed by atoms with E-state index in [4.69, 9.17) is 4.74 Å². The fraction of sp³-hybridized carbons (Fsp3) is 0.458. The van der Waals surface area contributed by atoms with Crippen LogP contribution in [0, 0.1) is 12.8 Å². The summed E-state index contributed by atoms with van der Waals surface area (Å²) >= 11 is 0. The summed E-state index contributed by atoms with van der Waals surface area (Å²) < 4.78 is 5.28. The largest absolute Gasteiger partial charge is 0.496 e. The summed E-state index contributed by atoms with van der Waals surface area (Å²) in [5, 5.41) is 3.11. The molecule has 1 amide bonds. The Morgan fingerprint density at radius 2 is 2.00 bits per heavy atom.